The molecule has 8 nitrogen and oxygen atoms in total. The molecular weight excluding hydrogens is 370 g/mol. The van der Waals surface area contributed by atoms with Gasteiger partial charge in [0.15, 0.2) is 6.61 Å². The summed E-state index contributed by atoms with van der Waals surface area (Å²) in [6, 6.07) is 5.46. The first-order chi connectivity index (χ1) is 12.8. The fraction of sp³-hybridized carbons (Fsp3) is 0.500. The molecule has 1 N–H and O–H groups in total. The van der Waals surface area contributed by atoms with Crippen molar-refractivity contribution in [1.82, 2.24) is 9.62 Å². The minimum Gasteiger partial charge on any atom is -0.454 e. The number of likely N-dealkylation sites (tertiary alicyclic amines) is 1. The number of hydrogen-bond acceptors (Lipinski definition) is 6. The fourth-order valence-corrected chi connectivity index (χ4v) is 4.32. The van der Waals surface area contributed by atoms with E-state index in [4.69, 9.17) is 4.74 Å². The molecule has 0 aliphatic carbocycles. The second kappa shape index (κ2) is 7.67. The Hall–Kier alpha value is -2.42. The molecule has 2 aliphatic rings. The number of amidine groups is 1. The van der Waals surface area contributed by atoms with Crippen LogP contribution in [0.5, 0.6) is 0 Å². The number of nitrogens with zero attached hydrogens (tertiary/aromatic N) is 2. The van der Waals surface area contributed by atoms with Crippen molar-refractivity contribution in [1.29, 1.82) is 0 Å². The monoisotopic (exact) mass is 393 g/mol. The van der Waals surface area contributed by atoms with Crippen LogP contribution >= 0.6 is 0 Å². The summed E-state index contributed by atoms with van der Waals surface area (Å²) in [6.45, 7) is 4.67. The van der Waals surface area contributed by atoms with Gasteiger partial charge in [0.2, 0.25) is 0 Å². The highest BCUT2D eigenvalue weighted by Crippen LogP contribution is 2.22. The normalized spacial score (nSPS) is 21.4. The molecule has 0 spiro atoms. The standard InChI is InChI=1S/C18H23N3O5S/c1-12-7-9-21(10-8-12)16(22)11-26-18(23)13(2)19-17-14-5-3-4-6-15(14)27(24,25)20-17/h3-6,12-13H,7-11H2,1-2H3,(H,19,20). The Bertz CT molecular complexity index is 873. The molecule has 2 heterocycles. The zero-order valence-electron chi connectivity index (χ0n) is 15.3. The number of nitrogens with one attached hydrogen (secondary N) is 1. The molecule has 1 aromatic carbocycles. The average Bonchev–Trinajstić information content (AvgIpc) is 2.90. The number of piperidine rings is 1. The quantitative estimate of drug-likeness (QED) is 0.766. The van der Waals surface area contributed by atoms with Crippen LogP contribution in [0, 0.1) is 5.92 Å². The van der Waals surface area contributed by atoms with Crippen LogP contribution in [-0.4, -0.2) is 56.8 Å². The molecule has 1 aromatic rings. The van der Waals surface area contributed by atoms with Crippen LogP contribution in [0.2, 0.25) is 0 Å². The molecule has 1 unspecified atom stereocenters. The molecule has 0 aromatic heterocycles. The first-order valence-corrected chi connectivity index (χ1v) is 10.4. The van der Waals surface area contributed by atoms with E-state index in [0.717, 1.165) is 12.8 Å². The third-order valence-electron chi connectivity index (χ3n) is 4.80. The van der Waals surface area contributed by atoms with Gasteiger partial charge in [-0.15, -0.1) is 0 Å². The van der Waals surface area contributed by atoms with Crippen LogP contribution in [-0.2, 0) is 24.3 Å². The van der Waals surface area contributed by atoms with Gasteiger partial charge < -0.3 is 9.64 Å². The third-order valence-corrected chi connectivity index (χ3v) is 6.20. The van der Waals surface area contributed by atoms with E-state index in [1.54, 1.807) is 23.1 Å². The molecule has 3 rings (SSSR count). The minimum absolute atomic E-state index is 0.103. The Balaban J connectivity index is 1.60. The molecule has 1 fully saturated rings. The molecule has 1 amide bonds. The summed E-state index contributed by atoms with van der Waals surface area (Å²) in [4.78, 5) is 30.3. The maximum Gasteiger partial charge on any atom is 0.331 e. The highest BCUT2D eigenvalue weighted by Gasteiger charge is 2.31. The van der Waals surface area contributed by atoms with Gasteiger partial charge >= 0.3 is 5.97 Å². The van der Waals surface area contributed by atoms with E-state index in [2.05, 4.69) is 16.6 Å². The van der Waals surface area contributed by atoms with Gasteiger partial charge in [0.05, 0.1) is 4.90 Å². The Kier molecular flexibility index (Phi) is 5.50. The summed E-state index contributed by atoms with van der Waals surface area (Å²) in [5, 5.41) is 0. The largest absolute Gasteiger partial charge is 0.454 e. The highest BCUT2D eigenvalue weighted by molar-refractivity contribution is 7.90. The van der Waals surface area contributed by atoms with E-state index < -0.39 is 22.0 Å². The van der Waals surface area contributed by atoms with Gasteiger partial charge in [-0.1, -0.05) is 19.1 Å². The first kappa shape index (κ1) is 19.3. The maximum atomic E-state index is 12.2. The number of amides is 1. The number of fused-ring (bicyclic) bond motifs is 1. The average molecular weight is 393 g/mol. The molecule has 1 atom stereocenters. The Morgan fingerprint density at radius 1 is 1.30 bits per heavy atom. The molecule has 1 saturated heterocycles. The number of aliphatic imine (C=N–C) groups is 1. The number of carbonyl (C=O) groups excluding carboxylic acids is 2. The van der Waals surface area contributed by atoms with E-state index in [1.165, 1.54) is 13.0 Å². The summed E-state index contributed by atoms with van der Waals surface area (Å²) in [5.41, 5.74) is 0.413. The van der Waals surface area contributed by atoms with Crippen LogP contribution in [0.25, 0.3) is 0 Å². The van der Waals surface area contributed by atoms with Gasteiger partial charge in [0.1, 0.15) is 11.9 Å². The Morgan fingerprint density at radius 2 is 1.96 bits per heavy atom. The van der Waals surface area contributed by atoms with Crippen molar-refractivity contribution in [2.24, 2.45) is 10.9 Å². The minimum atomic E-state index is -3.66. The molecule has 27 heavy (non-hydrogen) atoms. The number of sulfonamides is 1. The third kappa shape index (κ3) is 4.29. The van der Waals surface area contributed by atoms with E-state index in [1.807, 2.05) is 0 Å². The predicted octanol–water partition coefficient (Wildman–Crippen LogP) is 0.915. The van der Waals surface area contributed by atoms with Gasteiger partial charge in [0, 0.05) is 18.7 Å². The van der Waals surface area contributed by atoms with Gasteiger partial charge in [-0.05, 0) is 37.8 Å². The Morgan fingerprint density at radius 3 is 2.67 bits per heavy atom. The second-order valence-electron chi connectivity index (χ2n) is 6.93. The topological polar surface area (TPSA) is 105 Å². The first-order valence-electron chi connectivity index (χ1n) is 8.92. The van der Waals surface area contributed by atoms with Gasteiger partial charge in [-0.3, -0.25) is 14.5 Å². The molecule has 0 saturated carbocycles. The molecule has 2 aliphatic heterocycles. The Labute approximate surface area is 158 Å². The van der Waals surface area contributed by atoms with E-state index >= 15 is 0 Å². The zero-order valence-corrected chi connectivity index (χ0v) is 16.2. The van der Waals surface area contributed by atoms with Crippen LogP contribution in [0.4, 0.5) is 0 Å². The van der Waals surface area contributed by atoms with Gasteiger partial charge in [0.25, 0.3) is 15.9 Å². The van der Waals surface area contributed by atoms with Crippen LogP contribution in [0.15, 0.2) is 34.2 Å². The summed E-state index contributed by atoms with van der Waals surface area (Å²) in [5.74, 6) is -0.191. The van der Waals surface area contributed by atoms with Crippen LogP contribution < -0.4 is 4.72 Å². The van der Waals surface area contributed by atoms with Crippen molar-refractivity contribution in [3.05, 3.63) is 29.8 Å². The fourth-order valence-electron chi connectivity index (χ4n) is 3.08. The number of ether oxygens (including phenoxy) is 1. The van der Waals surface area contributed by atoms with Crippen molar-refractivity contribution in [2.45, 2.75) is 37.6 Å². The number of hydrogen-bond donors (Lipinski definition) is 1. The maximum absolute atomic E-state index is 12.2. The SMILES string of the molecule is CC1CCN(C(=O)COC(=O)C(C)N=C2NS(=O)(=O)c3ccccc32)CC1. The van der Waals surface area contributed by atoms with Crippen LogP contribution in [0.1, 0.15) is 32.3 Å². The van der Waals surface area contributed by atoms with Crippen molar-refractivity contribution in [3.63, 3.8) is 0 Å². The van der Waals surface area contributed by atoms with Gasteiger partial charge in [-0.2, -0.15) is 0 Å². The summed E-state index contributed by atoms with van der Waals surface area (Å²) in [6.07, 6.45) is 1.90. The van der Waals surface area contributed by atoms with Gasteiger partial charge in [-0.25, -0.2) is 13.2 Å². The predicted molar refractivity (Wildman–Crippen MR) is 98.7 cm³/mol. The molecule has 9 heteroatoms. The smallest absolute Gasteiger partial charge is 0.331 e. The zero-order chi connectivity index (χ0) is 19.6. The van der Waals surface area contributed by atoms with Crippen molar-refractivity contribution < 1.29 is 22.7 Å². The number of esters is 1. The lowest BCUT2D eigenvalue weighted by Gasteiger charge is -2.30. The second-order valence-corrected chi connectivity index (χ2v) is 8.58. The number of carbonyl (C=O) groups is 2. The lowest BCUT2D eigenvalue weighted by atomic mass is 9.99. The number of benzene rings is 1. The molecule has 146 valence electrons. The van der Waals surface area contributed by atoms with E-state index in [0.29, 0.717) is 24.6 Å². The van der Waals surface area contributed by atoms with Crippen LogP contribution in [0.3, 0.4) is 0 Å². The lowest BCUT2D eigenvalue weighted by Crippen LogP contribution is -2.40. The van der Waals surface area contributed by atoms with Crippen molar-refractivity contribution in [3.8, 4) is 0 Å². The van der Waals surface area contributed by atoms with Crippen molar-refractivity contribution >= 4 is 27.7 Å². The van der Waals surface area contributed by atoms with Crippen molar-refractivity contribution in [2.75, 3.05) is 19.7 Å². The van der Waals surface area contributed by atoms with E-state index in [9.17, 15) is 18.0 Å². The molecule has 0 bridgehead atoms. The van der Waals surface area contributed by atoms with E-state index in [-0.39, 0.29) is 23.2 Å². The molecular formula is C18H23N3O5S. The number of rotatable bonds is 4. The lowest BCUT2D eigenvalue weighted by molar-refractivity contribution is -0.153. The molecule has 0 radical (unpaired) electrons. The highest BCUT2D eigenvalue weighted by atomic mass is 32.2. The summed E-state index contributed by atoms with van der Waals surface area (Å²) < 4.78 is 31.6. The summed E-state index contributed by atoms with van der Waals surface area (Å²) >= 11 is 0. The summed E-state index contributed by atoms with van der Waals surface area (Å²) in [7, 11) is -3.66.